The van der Waals surface area contributed by atoms with Crippen LogP contribution in [0.5, 0.6) is 0 Å². The number of aromatic nitrogens is 2. The highest BCUT2D eigenvalue weighted by Gasteiger charge is 2.25. The SMILES string of the molecule is CCC(C)c1ccc(C(CC)NC(=O)C(C)n2ncc([N+](=O)[O-])c2C)cc1. The molecule has 0 fully saturated rings. The predicted molar refractivity (Wildman–Crippen MR) is 105 cm³/mol. The van der Waals surface area contributed by atoms with Gasteiger partial charge in [0.25, 0.3) is 0 Å². The summed E-state index contributed by atoms with van der Waals surface area (Å²) in [5.74, 6) is 0.293. The monoisotopic (exact) mass is 372 g/mol. The summed E-state index contributed by atoms with van der Waals surface area (Å²) in [6, 6.07) is 7.60. The van der Waals surface area contributed by atoms with E-state index in [1.165, 1.54) is 16.4 Å². The van der Waals surface area contributed by atoms with Crippen molar-refractivity contribution >= 4 is 11.6 Å². The molecule has 0 aliphatic heterocycles. The third kappa shape index (κ3) is 4.53. The van der Waals surface area contributed by atoms with Crippen LogP contribution in [0.25, 0.3) is 0 Å². The van der Waals surface area contributed by atoms with Crippen molar-refractivity contribution in [1.82, 2.24) is 15.1 Å². The Morgan fingerprint density at radius 2 is 1.78 bits per heavy atom. The Labute approximate surface area is 159 Å². The molecule has 0 aliphatic rings. The van der Waals surface area contributed by atoms with Crippen molar-refractivity contribution in [3.05, 3.63) is 57.4 Å². The normalized spacial score (nSPS) is 14.4. The van der Waals surface area contributed by atoms with E-state index in [9.17, 15) is 14.9 Å². The molecule has 146 valence electrons. The Balaban J connectivity index is 2.13. The van der Waals surface area contributed by atoms with E-state index in [0.717, 1.165) is 18.4 Å². The number of carbonyl (C=O) groups is 1. The molecule has 0 bridgehead atoms. The molecule has 3 unspecified atom stereocenters. The summed E-state index contributed by atoms with van der Waals surface area (Å²) in [6.07, 6.45) is 3.02. The van der Waals surface area contributed by atoms with Crippen LogP contribution in [0.3, 0.4) is 0 Å². The second-order valence-electron chi connectivity index (χ2n) is 6.94. The summed E-state index contributed by atoms with van der Waals surface area (Å²) in [4.78, 5) is 23.2. The van der Waals surface area contributed by atoms with Crippen molar-refractivity contribution in [3.8, 4) is 0 Å². The number of rotatable bonds is 8. The van der Waals surface area contributed by atoms with Crippen LogP contribution in [0.1, 0.15) is 75.4 Å². The lowest BCUT2D eigenvalue weighted by atomic mass is 9.95. The van der Waals surface area contributed by atoms with Gasteiger partial charge in [-0.2, -0.15) is 5.10 Å². The third-order valence-electron chi connectivity index (χ3n) is 5.21. The minimum atomic E-state index is -0.632. The van der Waals surface area contributed by atoms with Crippen LogP contribution in [0.2, 0.25) is 0 Å². The van der Waals surface area contributed by atoms with Crippen molar-refractivity contribution in [2.45, 2.75) is 65.5 Å². The Hall–Kier alpha value is -2.70. The Morgan fingerprint density at radius 3 is 2.26 bits per heavy atom. The first kappa shape index (κ1) is 20.6. The summed E-state index contributed by atoms with van der Waals surface area (Å²) < 4.78 is 1.40. The van der Waals surface area contributed by atoms with Crippen LogP contribution >= 0.6 is 0 Å². The molecule has 0 radical (unpaired) electrons. The molecule has 1 heterocycles. The maximum absolute atomic E-state index is 12.7. The minimum absolute atomic E-state index is 0.0812. The topological polar surface area (TPSA) is 90.1 Å². The molecule has 0 saturated heterocycles. The van der Waals surface area contributed by atoms with Crippen molar-refractivity contribution < 1.29 is 9.72 Å². The first-order chi connectivity index (χ1) is 12.8. The van der Waals surface area contributed by atoms with Crippen LogP contribution in [-0.4, -0.2) is 20.6 Å². The highest BCUT2D eigenvalue weighted by atomic mass is 16.6. The van der Waals surface area contributed by atoms with Gasteiger partial charge in [-0.3, -0.25) is 19.6 Å². The molecule has 2 aromatic rings. The zero-order valence-corrected chi connectivity index (χ0v) is 16.6. The lowest BCUT2D eigenvalue weighted by Gasteiger charge is -2.21. The van der Waals surface area contributed by atoms with E-state index >= 15 is 0 Å². The summed E-state index contributed by atoms with van der Waals surface area (Å²) in [6.45, 7) is 9.66. The molecule has 3 atom stereocenters. The summed E-state index contributed by atoms with van der Waals surface area (Å²) in [5.41, 5.74) is 2.62. The van der Waals surface area contributed by atoms with Gasteiger partial charge >= 0.3 is 5.69 Å². The molecule has 7 heteroatoms. The first-order valence-electron chi connectivity index (χ1n) is 9.38. The second-order valence-corrected chi connectivity index (χ2v) is 6.94. The summed E-state index contributed by atoms with van der Waals surface area (Å²) in [5, 5.41) is 18.0. The zero-order chi connectivity index (χ0) is 20.1. The van der Waals surface area contributed by atoms with Gasteiger partial charge < -0.3 is 5.32 Å². The summed E-state index contributed by atoms with van der Waals surface area (Å²) in [7, 11) is 0. The average molecular weight is 372 g/mol. The quantitative estimate of drug-likeness (QED) is 0.548. The van der Waals surface area contributed by atoms with Crippen molar-refractivity contribution in [2.24, 2.45) is 0 Å². The van der Waals surface area contributed by atoms with Crippen LogP contribution < -0.4 is 5.32 Å². The molecule has 1 amide bonds. The van der Waals surface area contributed by atoms with Crippen molar-refractivity contribution in [3.63, 3.8) is 0 Å². The van der Waals surface area contributed by atoms with Gasteiger partial charge in [-0.15, -0.1) is 0 Å². The van der Waals surface area contributed by atoms with Gasteiger partial charge in [0.15, 0.2) is 0 Å². The van der Waals surface area contributed by atoms with Gasteiger partial charge in [0.1, 0.15) is 17.9 Å². The molecule has 2 rings (SSSR count). The number of hydrogen-bond donors (Lipinski definition) is 1. The Morgan fingerprint density at radius 1 is 1.19 bits per heavy atom. The molecule has 27 heavy (non-hydrogen) atoms. The van der Waals surface area contributed by atoms with E-state index < -0.39 is 11.0 Å². The molecule has 0 aliphatic carbocycles. The molecule has 0 spiro atoms. The standard InChI is InChI=1S/C20H28N4O3/c1-6-13(3)16-8-10-17(11-9-16)18(7-2)22-20(25)15(5)23-14(4)19(12-21-23)24(26)27/h8-13,15,18H,6-7H2,1-5H3,(H,22,25). The maximum atomic E-state index is 12.7. The van der Waals surface area contributed by atoms with Crippen molar-refractivity contribution in [2.75, 3.05) is 0 Å². The lowest BCUT2D eigenvalue weighted by molar-refractivity contribution is -0.385. The van der Waals surface area contributed by atoms with E-state index in [0.29, 0.717) is 11.6 Å². The third-order valence-corrected chi connectivity index (χ3v) is 5.21. The second kappa shape index (κ2) is 8.79. The molecule has 1 N–H and O–H groups in total. The smallest absolute Gasteiger partial charge is 0.309 e. The highest BCUT2D eigenvalue weighted by molar-refractivity contribution is 5.80. The van der Waals surface area contributed by atoms with E-state index in [2.05, 4.69) is 48.5 Å². The number of nitro groups is 1. The van der Waals surface area contributed by atoms with E-state index in [4.69, 9.17) is 0 Å². The van der Waals surface area contributed by atoms with Gasteiger partial charge in [-0.1, -0.05) is 45.0 Å². The average Bonchev–Trinajstić information content (AvgIpc) is 3.06. The van der Waals surface area contributed by atoms with E-state index in [1.54, 1.807) is 13.8 Å². The molecule has 1 aromatic carbocycles. The number of carbonyl (C=O) groups excluding carboxylic acids is 1. The minimum Gasteiger partial charge on any atom is -0.347 e. The Kier molecular flexibility index (Phi) is 6.71. The van der Waals surface area contributed by atoms with Crippen LogP contribution in [0.4, 0.5) is 5.69 Å². The number of benzene rings is 1. The number of nitrogens with one attached hydrogen (secondary N) is 1. The largest absolute Gasteiger partial charge is 0.347 e. The molecule has 0 saturated carbocycles. The fourth-order valence-electron chi connectivity index (χ4n) is 3.10. The van der Waals surface area contributed by atoms with E-state index in [1.807, 2.05) is 6.92 Å². The summed E-state index contributed by atoms with van der Waals surface area (Å²) >= 11 is 0. The van der Waals surface area contributed by atoms with Gasteiger partial charge in [-0.25, -0.2) is 0 Å². The molecule has 1 aromatic heterocycles. The fraction of sp³-hybridized carbons (Fsp3) is 0.500. The lowest BCUT2D eigenvalue weighted by Crippen LogP contribution is -2.34. The Bertz CT molecular complexity index is 798. The first-order valence-corrected chi connectivity index (χ1v) is 9.38. The van der Waals surface area contributed by atoms with Gasteiger partial charge in [0.05, 0.1) is 11.0 Å². The maximum Gasteiger partial charge on any atom is 0.309 e. The molecule has 7 nitrogen and oxygen atoms in total. The molecular weight excluding hydrogens is 344 g/mol. The van der Waals surface area contributed by atoms with Crippen LogP contribution in [-0.2, 0) is 4.79 Å². The van der Waals surface area contributed by atoms with Gasteiger partial charge in [0.2, 0.25) is 5.91 Å². The van der Waals surface area contributed by atoms with Gasteiger partial charge in [-0.05, 0) is 43.7 Å². The fourth-order valence-corrected chi connectivity index (χ4v) is 3.10. The van der Waals surface area contributed by atoms with Crippen molar-refractivity contribution in [1.29, 1.82) is 0 Å². The number of amides is 1. The van der Waals surface area contributed by atoms with Crippen LogP contribution in [0, 0.1) is 17.0 Å². The zero-order valence-electron chi connectivity index (χ0n) is 16.6. The van der Waals surface area contributed by atoms with Crippen LogP contribution in [0.15, 0.2) is 30.5 Å². The number of nitrogens with zero attached hydrogens (tertiary/aromatic N) is 3. The number of hydrogen-bond acceptors (Lipinski definition) is 4. The highest BCUT2D eigenvalue weighted by Crippen LogP contribution is 2.24. The van der Waals surface area contributed by atoms with E-state index in [-0.39, 0.29) is 17.6 Å². The van der Waals surface area contributed by atoms with Gasteiger partial charge in [0, 0.05) is 0 Å². The molecular formula is C20H28N4O3. The predicted octanol–water partition coefficient (Wildman–Crippen LogP) is 4.44.